The van der Waals surface area contributed by atoms with Crippen molar-refractivity contribution >= 4 is 34.1 Å². The summed E-state index contributed by atoms with van der Waals surface area (Å²) in [6.45, 7) is 80.2. The van der Waals surface area contributed by atoms with Gasteiger partial charge in [-0.25, -0.2) is 0 Å². The number of benzene rings is 10. The molecule has 19 rings (SSSR count). The number of rotatable bonds is 28. The molecule has 0 atom stereocenters. The summed E-state index contributed by atoms with van der Waals surface area (Å²) in [5.74, 6) is -0.964. The van der Waals surface area contributed by atoms with Gasteiger partial charge in [0.15, 0.2) is 0 Å². The summed E-state index contributed by atoms with van der Waals surface area (Å²) in [6.07, 6.45) is 26.0. The lowest BCUT2D eigenvalue weighted by Gasteiger charge is -2.47. The van der Waals surface area contributed by atoms with E-state index in [1.807, 2.05) is 0 Å². The summed E-state index contributed by atoms with van der Waals surface area (Å²) < 4.78 is 0. The molecule has 0 aromatic heterocycles. The first-order valence-electron chi connectivity index (χ1n) is 56.6. The summed E-state index contributed by atoms with van der Waals surface area (Å²) in [5, 5.41) is 26.0. The third-order valence-electron chi connectivity index (χ3n) is 42.6. The average Bonchev–Trinajstić information content (AvgIpc) is 1.53. The van der Waals surface area contributed by atoms with Gasteiger partial charge < -0.3 is 20.0 Å². The van der Waals surface area contributed by atoms with Crippen molar-refractivity contribution in [1.29, 1.82) is 0 Å². The van der Waals surface area contributed by atoms with E-state index in [1.54, 1.807) is 89.0 Å². The highest BCUT2D eigenvalue weighted by atomic mass is 16.3. The molecule has 9 aliphatic rings. The lowest BCUT2D eigenvalue weighted by Crippen LogP contribution is -2.51. The number of fused-ring (bicyclic) bond motifs is 8. The fourth-order valence-corrected chi connectivity index (χ4v) is 35.3. The van der Waals surface area contributed by atoms with Crippen LogP contribution >= 0.6 is 0 Å². The van der Waals surface area contributed by atoms with Gasteiger partial charge in [0.05, 0.1) is 12.2 Å². The highest BCUT2D eigenvalue weighted by molar-refractivity contribution is 5.90. The van der Waals surface area contributed by atoms with Gasteiger partial charge in [-0.3, -0.25) is 0 Å². The molecule has 1 fully saturated rings. The van der Waals surface area contributed by atoms with Gasteiger partial charge in [-0.2, -0.15) is 0 Å². The minimum atomic E-state index is -0.814. The fourth-order valence-electron chi connectivity index (χ4n) is 35.3. The Hall–Kier alpha value is -8.28. The molecule has 744 valence electrons. The zero-order chi connectivity index (χ0) is 101. The number of hydrogen-bond donors (Lipinski definition) is 2. The van der Waals surface area contributed by atoms with E-state index in [4.69, 9.17) is 0 Å². The molecule has 140 heavy (non-hydrogen) atoms. The van der Waals surface area contributed by atoms with Crippen LogP contribution in [0.4, 0.5) is 34.1 Å². The molecule has 4 heteroatoms. The van der Waals surface area contributed by atoms with Crippen LogP contribution in [0, 0.1) is 0 Å². The lowest BCUT2D eigenvalue weighted by atomic mass is 9.63. The second-order valence-corrected chi connectivity index (χ2v) is 52.8. The average molecular weight is 1870 g/mol. The largest absolute Gasteiger partial charge is 0.392 e. The maximum Gasteiger partial charge on any atom is 0.0727 e. The second-order valence-electron chi connectivity index (χ2n) is 52.8. The minimum absolute atomic E-state index is 0.00548. The van der Waals surface area contributed by atoms with Crippen LogP contribution in [0.25, 0.3) is 44.5 Å². The van der Waals surface area contributed by atoms with Crippen molar-refractivity contribution in [1.82, 2.24) is 0 Å². The molecular weight excluding hydrogens is 1690 g/mol. The van der Waals surface area contributed by atoms with Crippen LogP contribution in [0.1, 0.15) is 488 Å². The van der Waals surface area contributed by atoms with Gasteiger partial charge in [-0.05, 0) is 458 Å². The monoisotopic (exact) mass is 1870 g/mol. The predicted octanol–water partition coefficient (Wildman–Crippen LogP) is 37.8. The Morgan fingerprint density at radius 3 is 0.436 bits per heavy atom. The third-order valence-corrected chi connectivity index (χ3v) is 42.6. The second kappa shape index (κ2) is 34.2. The molecule has 0 heterocycles. The van der Waals surface area contributed by atoms with E-state index < -0.39 is 24.0 Å². The maximum absolute atomic E-state index is 13.0. The zero-order valence-electron chi connectivity index (χ0n) is 93.2. The van der Waals surface area contributed by atoms with E-state index in [0.717, 1.165) is 148 Å². The molecule has 0 spiro atoms. The summed E-state index contributed by atoms with van der Waals surface area (Å²) in [6, 6.07) is 68.3. The smallest absolute Gasteiger partial charge is 0.0727 e. The Kier molecular flexibility index (Phi) is 24.5. The van der Waals surface area contributed by atoms with E-state index in [2.05, 4.69) is 401 Å². The number of nitrogens with zero attached hydrogens (tertiary/aromatic N) is 2. The van der Waals surface area contributed by atoms with E-state index in [0.29, 0.717) is 0 Å². The normalized spacial score (nSPS) is 23.5. The van der Waals surface area contributed by atoms with Gasteiger partial charge in [-0.1, -0.05) is 319 Å². The third kappa shape index (κ3) is 14.3. The topological polar surface area (TPSA) is 46.9 Å². The summed E-state index contributed by atoms with van der Waals surface area (Å²) in [5.41, 5.74) is 46.3. The molecule has 2 N–H and O–H groups in total. The highest BCUT2D eigenvalue weighted by Gasteiger charge is 2.61. The first-order valence-corrected chi connectivity index (χ1v) is 56.6. The Morgan fingerprint density at radius 2 is 0.314 bits per heavy atom. The Balaban J connectivity index is 0.708. The van der Waals surface area contributed by atoms with E-state index >= 15 is 0 Å². The molecule has 0 unspecified atom stereocenters. The molecule has 10 aromatic rings. The van der Waals surface area contributed by atoms with Crippen LogP contribution in [0.3, 0.4) is 0 Å². The van der Waals surface area contributed by atoms with Crippen LogP contribution < -0.4 is 9.80 Å². The molecule has 1 saturated carbocycles. The van der Waals surface area contributed by atoms with Gasteiger partial charge in [0.2, 0.25) is 0 Å². The fraction of sp³-hybridized carbons (Fsp3) is 0.559. The summed E-state index contributed by atoms with van der Waals surface area (Å²) >= 11 is 0. The first-order chi connectivity index (χ1) is 66.1. The molecule has 0 saturated heterocycles. The highest BCUT2D eigenvalue weighted by Crippen LogP contribution is 2.71. The van der Waals surface area contributed by atoms with Crippen LogP contribution in [0.5, 0.6) is 0 Å². The van der Waals surface area contributed by atoms with Crippen molar-refractivity contribution in [3.05, 3.63) is 270 Å². The van der Waals surface area contributed by atoms with Crippen molar-refractivity contribution in [2.45, 2.75) is 486 Å². The molecule has 10 aromatic carbocycles. The van der Waals surface area contributed by atoms with E-state index in [1.165, 1.54) is 95.9 Å². The predicted molar refractivity (Wildman–Crippen MR) is 601 cm³/mol. The SMILES string of the molecule is CCC1(CC)CC(C)(C)c2c1cc1c(c2-c2ccc(N(c3ccc(-c4c5c(cc6c4C(C)(C)CC6(CC)CC)C(CC)(CC)CC5(C)C)cc3)c3ccc(C4C(O)C(c5ccc(N(c6ccc(-c7c8c(cc9c7C(C)(C)CC9(CC)CC)C(CC)(CC)CC8(C)C)cc6)c6ccc(-c7c8c(cc9c7C(C)(C)CC9(CC)CC)C(CC)(CC)CC8(C)C)cc6)cc5)C4O)cc3)cc2)C(C)(C)CC1(CC)CC. The Labute approximate surface area is 849 Å². The quantitative estimate of drug-likeness (QED) is 0.0513. The van der Waals surface area contributed by atoms with Crippen LogP contribution in [0.15, 0.2) is 170 Å². The molecular formula is C136H178N2O2. The number of anilines is 6. The van der Waals surface area contributed by atoms with Gasteiger partial charge >= 0.3 is 0 Å². The lowest BCUT2D eigenvalue weighted by molar-refractivity contribution is -0.0785. The Morgan fingerprint density at radius 1 is 0.193 bits per heavy atom. The van der Waals surface area contributed by atoms with Crippen molar-refractivity contribution in [3.8, 4) is 44.5 Å². The zero-order valence-corrected chi connectivity index (χ0v) is 93.2. The molecule has 9 aliphatic carbocycles. The molecule has 4 nitrogen and oxygen atoms in total. The molecule has 0 bridgehead atoms. The standard InChI is InChI=1S/C136H178N2O2/c1-33-129(34-2)77-121(17,18)111-97(129)73-98-112(122(19,20)78-130(98,35-3)36-4)105(111)85-49-61-91(62-50-85)137(92-63-51-86(52-64-92)106-113-99(131(37-5,38-6)79-123(113,21)22)74-100-114(106)124(23,24)80-132(100,39-7)40-8)95-69-57-89(58-70-95)109-119(139)110(120(109)140)90-59-71-96(72-60-90)138(93-65-53-87(54-66-93)107-115-101(133(41-9,42-10)81-125(115,25)26)75-102-116(107)126(27,28)82-134(102,43-11)44-12)94-67-55-88(56-68-94)108-117-103(135(45-13,46-14)83-127(117,29)30)76-104-118(108)128(31,32)84-136(104,47-15)48-16/h49-76,109-110,119-120,139-140H,33-48,77-84H2,1-32H3. The Bertz CT molecular complexity index is 5450. The molecule has 0 radical (unpaired) electrons. The minimum Gasteiger partial charge on any atom is -0.392 e. The molecule has 0 amide bonds. The summed E-state index contributed by atoms with van der Waals surface area (Å²) in [7, 11) is 0. The van der Waals surface area contributed by atoms with Gasteiger partial charge in [-0.15, -0.1) is 0 Å². The van der Waals surface area contributed by atoms with Crippen LogP contribution in [-0.4, -0.2) is 22.4 Å². The van der Waals surface area contributed by atoms with Gasteiger partial charge in [0.25, 0.3) is 0 Å². The van der Waals surface area contributed by atoms with E-state index in [9.17, 15) is 10.2 Å². The number of aliphatic hydroxyl groups is 2. The van der Waals surface area contributed by atoms with Crippen LogP contribution in [0.2, 0.25) is 0 Å². The number of aliphatic hydroxyl groups excluding tert-OH is 2. The number of hydrogen-bond acceptors (Lipinski definition) is 4. The van der Waals surface area contributed by atoms with Crippen LogP contribution in [-0.2, 0) is 86.6 Å². The first kappa shape index (κ1) is 100. The van der Waals surface area contributed by atoms with Gasteiger partial charge in [0, 0.05) is 46.0 Å². The molecule has 0 aliphatic heterocycles. The van der Waals surface area contributed by atoms with Crippen molar-refractivity contribution in [2.24, 2.45) is 0 Å². The van der Waals surface area contributed by atoms with Crippen molar-refractivity contribution in [2.75, 3.05) is 9.80 Å². The van der Waals surface area contributed by atoms with Crippen molar-refractivity contribution in [3.63, 3.8) is 0 Å². The van der Waals surface area contributed by atoms with Gasteiger partial charge in [0.1, 0.15) is 0 Å². The summed E-state index contributed by atoms with van der Waals surface area (Å²) in [4.78, 5) is 4.97. The van der Waals surface area contributed by atoms with E-state index in [-0.39, 0.29) is 86.6 Å². The van der Waals surface area contributed by atoms with Crippen molar-refractivity contribution < 1.29 is 10.2 Å². The maximum atomic E-state index is 13.0.